The standard InChI is InChI=1S/C25H30O2/c1-14-3-4-20-15(2)27-23-10-19(9-22(26)24(23)21(20)5-14)25-11-16-6-17(12-25)8-18(7-16)13-25/h9-10,16-18,20-21,26H,1-8,11-13H2/t16?,17?,18?,20-,21+,25?/m1/s1. The van der Waals surface area contributed by atoms with Crippen LogP contribution in [0.2, 0.25) is 0 Å². The summed E-state index contributed by atoms with van der Waals surface area (Å²) in [5, 5.41) is 11.1. The Morgan fingerprint density at radius 2 is 1.63 bits per heavy atom. The van der Waals surface area contributed by atoms with E-state index in [9.17, 15) is 5.11 Å². The number of ether oxygens (including phenoxy) is 1. The molecule has 2 heteroatoms. The van der Waals surface area contributed by atoms with Gasteiger partial charge in [0.1, 0.15) is 17.3 Å². The zero-order chi connectivity index (χ0) is 18.3. The van der Waals surface area contributed by atoms with Gasteiger partial charge >= 0.3 is 0 Å². The van der Waals surface area contributed by atoms with Crippen LogP contribution in [0.1, 0.15) is 74.8 Å². The third-order valence-corrected chi connectivity index (χ3v) is 8.60. The third kappa shape index (κ3) is 2.31. The second-order valence-electron chi connectivity index (χ2n) is 10.4. The summed E-state index contributed by atoms with van der Waals surface area (Å²) in [5.74, 6) is 5.52. The van der Waals surface area contributed by atoms with Gasteiger partial charge in [0, 0.05) is 17.4 Å². The minimum absolute atomic E-state index is 0.277. The van der Waals surface area contributed by atoms with E-state index in [1.807, 2.05) is 0 Å². The molecule has 4 bridgehead atoms. The third-order valence-electron chi connectivity index (χ3n) is 8.60. The van der Waals surface area contributed by atoms with Crippen molar-refractivity contribution < 1.29 is 9.84 Å². The Balaban J connectivity index is 1.44. The van der Waals surface area contributed by atoms with E-state index in [4.69, 9.17) is 4.74 Å². The zero-order valence-electron chi connectivity index (χ0n) is 16.2. The lowest BCUT2D eigenvalue weighted by molar-refractivity contribution is -0.00541. The number of hydrogen-bond donors (Lipinski definition) is 1. The summed E-state index contributed by atoms with van der Waals surface area (Å²) in [7, 11) is 0. The van der Waals surface area contributed by atoms with Gasteiger partial charge in [0.25, 0.3) is 0 Å². The molecule has 7 rings (SSSR count). The van der Waals surface area contributed by atoms with E-state index in [2.05, 4.69) is 25.3 Å². The number of phenols is 1. The average Bonchev–Trinajstić information content (AvgIpc) is 2.60. The van der Waals surface area contributed by atoms with Gasteiger partial charge in [-0.3, -0.25) is 0 Å². The molecule has 142 valence electrons. The maximum absolute atomic E-state index is 11.1. The largest absolute Gasteiger partial charge is 0.508 e. The summed E-state index contributed by atoms with van der Waals surface area (Å²) >= 11 is 0. The average molecular weight is 363 g/mol. The number of fused-ring (bicyclic) bond motifs is 3. The highest BCUT2D eigenvalue weighted by Gasteiger charge is 2.52. The van der Waals surface area contributed by atoms with E-state index in [1.165, 1.54) is 49.7 Å². The molecular weight excluding hydrogens is 332 g/mol. The van der Waals surface area contributed by atoms with Crippen LogP contribution >= 0.6 is 0 Å². The first kappa shape index (κ1) is 16.3. The fourth-order valence-electron chi connectivity index (χ4n) is 7.86. The fourth-order valence-corrected chi connectivity index (χ4v) is 7.86. The maximum Gasteiger partial charge on any atom is 0.134 e. The van der Waals surface area contributed by atoms with E-state index >= 15 is 0 Å². The SMILES string of the molecule is C=C1CC[C@@H]2C(=C)Oc3cc(C45CC6CC(CC(C6)C4)C5)cc(O)c3[C@H]2C1. The molecule has 0 amide bonds. The first-order valence-corrected chi connectivity index (χ1v) is 10.9. The van der Waals surface area contributed by atoms with Gasteiger partial charge in [0.15, 0.2) is 0 Å². The molecule has 5 fully saturated rings. The molecule has 1 N–H and O–H groups in total. The summed E-state index contributed by atoms with van der Waals surface area (Å²) in [4.78, 5) is 0. The lowest BCUT2D eigenvalue weighted by Gasteiger charge is -2.57. The zero-order valence-corrected chi connectivity index (χ0v) is 16.2. The van der Waals surface area contributed by atoms with Crippen molar-refractivity contribution in [1.82, 2.24) is 0 Å². The highest BCUT2D eigenvalue weighted by Crippen LogP contribution is 2.62. The van der Waals surface area contributed by atoms with Gasteiger partial charge in [-0.1, -0.05) is 18.7 Å². The molecule has 27 heavy (non-hydrogen) atoms. The van der Waals surface area contributed by atoms with Crippen LogP contribution in [0.25, 0.3) is 0 Å². The molecular formula is C25H30O2. The summed E-state index contributed by atoms with van der Waals surface area (Å²) in [6.07, 6.45) is 11.3. The van der Waals surface area contributed by atoms with Crippen molar-refractivity contribution in [3.8, 4) is 11.5 Å². The number of rotatable bonds is 1. The minimum Gasteiger partial charge on any atom is -0.508 e. The van der Waals surface area contributed by atoms with Gasteiger partial charge < -0.3 is 9.84 Å². The van der Waals surface area contributed by atoms with Crippen molar-refractivity contribution in [3.05, 3.63) is 47.7 Å². The van der Waals surface area contributed by atoms with Gasteiger partial charge in [-0.15, -0.1) is 0 Å². The summed E-state index contributed by atoms with van der Waals surface area (Å²) < 4.78 is 6.24. The van der Waals surface area contributed by atoms with Crippen LogP contribution in [-0.4, -0.2) is 5.11 Å². The quantitative estimate of drug-likeness (QED) is 0.602. The molecule has 2 nitrogen and oxygen atoms in total. The van der Waals surface area contributed by atoms with Crippen LogP contribution in [0.4, 0.5) is 0 Å². The minimum atomic E-state index is 0.277. The number of benzene rings is 1. The molecule has 6 aliphatic rings. The Bertz CT molecular complexity index is 813. The van der Waals surface area contributed by atoms with E-state index in [1.54, 1.807) is 0 Å². The molecule has 1 heterocycles. The van der Waals surface area contributed by atoms with Crippen molar-refractivity contribution in [2.24, 2.45) is 23.7 Å². The Kier molecular flexibility index (Phi) is 3.27. The predicted octanol–water partition coefficient (Wildman–Crippen LogP) is 6.21. The summed E-state index contributed by atoms with van der Waals surface area (Å²) in [6.45, 7) is 8.47. The lowest BCUT2D eigenvalue weighted by atomic mass is 9.48. The number of allylic oxidation sites excluding steroid dienone is 2. The predicted molar refractivity (Wildman–Crippen MR) is 107 cm³/mol. The van der Waals surface area contributed by atoms with E-state index in [0.29, 0.717) is 11.7 Å². The molecule has 1 aromatic rings. The van der Waals surface area contributed by atoms with Gasteiger partial charge in [0.05, 0.1) is 0 Å². The van der Waals surface area contributed by atoms with Gasteiger partial charge in [-0.25, -0.2) is 0 Å². The summed E-state index contributed by atoms with van der Waals surface area (Å²) in [5.41, 5.74) is 3.92. The Morgan fingerprint density at radius 1 is 0.963 bits per heavy atom. The summed E-state index contributed by atoms with van der Waals surface area (Å²) in [6, 6.07) is 4.39. The van der Waals surface area contributed by atoms with Gasteiger partial charge in [-0.2, -0.15) is 0 Å². The van der Waals surface area contributed by atoms with Crippen molar-refractivity contribution in [2.75, 3.05) is 0 Å². The fraction of sp³-hybridized carbons (Fsp3) is 0.600. The van der Waals surface area contributed by atoms with Crippen molar-refractivity contribution in [1.29, 1.82) is 0 Å². The highest BCUT2D eigenvalue weighted by molar-refractivity contribution is 5.55. The van der Waals surface area contributed by atoms with Crippen molar-refractivity contribution in [2.45, 2.75) is 69.1 Å². The molecule has 0 radical (unpaired) electrons. The monoisotopic (exact) mass is 362 g/mol. The van der Waals surface area contributed by atoms with Crippen LogP contribution < -0.4 is 4.74 Å². The topological polar surface area (TPSA) is 29.5 Å². The molecule has 1 aromatic carbocycles. The van der Waals surface area contributed by atoms with Crippen LogP contribution in [0.3, 0.4) is 0 Å². The number of aromatic hydroxyl groups is 1. The van der Waals surface area contributed by atoms with Crippen LogP contribution in [-0.2, 0) is 5.41 Å². The Morgan fingerprint density at radius 3 is 2.30 bits per heavy atom. The van der Waals surface area contributed by atoms with E-state index in [-0.39, 0.29) is 11.3 Å². The van der Waals surface area contributed by atoms with Crippen LogP contribution in [0.5, 0.6) is 11.5 Å². The molecule has 1 aliphatic heterocycles. The molecule has 5 aliphatic carbocycles. The normalized spacial score (nSPS) is 41.9. The molecule has 0 aromatic heterocycles. The number of phenolic OH excluding ortho intramolecular Hbond substituents is 1. The molecule has 0 saturated heterocycles. The van der Waals surface area contributed by atoms with Crippen LogP contribution in [0, 0.1) is 23.7 Å². The molecule has 2 atom stereocenters. The first-order valence-electron chi connectivity index (χ1n) is 10.9. The smallest absolute Gasteiger partial charge is 0.134 e. The molecule has 0 unspecified atom stereocenters. The Labute approximate surface area is 162 Å². The first-order chi connectivity index (χ1) is 13.0. The number of hydrogen-bond acceptors (Lipinski definition) is 2. The van der Waals surface area contributed by atoms with Crippen molar-refractivity contribution >= 4 is 0 Å². The van der Waals surface area contributed by atoms with E-state index in [0.717, 1.165) is 54.1 Å². The van der Waals surface area contributed by atoms with Gasteiger partial charge in [-0.05, 0) is 98.7 Å². The molecule has 5 saturated carbocycles. The van der Waals surface area contributed by atoms with E-state index < -0.39 is 0 Å². The Hall–Kier alpha value is -1.70. The van der Waals surface area contributed by atoms with Gasteiger partial charge in [0.2, 0.25) is 0 Å². The van der Waals surface area contributed by atoms with Crippen molar-refractivity contribution in [3.63, 3.8) is 0 Å². The second kappa shape index (κ2) is 5.43. The van der Waals surface area contributed by atoms with Crippen LogP contribution in [0.15, 0.2) is 36.6 Å². The maximum atomic E-state index is 11.1. The lowest BCUT2D eigenvalue weighted by Crippen LogP contribution is -2.48. The second-order valence-corrected chi connectivity index (χ2v) is 10.4. The molecule has 0 spiro atoms. The highest BCUT2D eigenvalue weighted by atomic mass is 16.5.